The zero-order valence-corrected chi connectivity index (χ0v) is 11.1. The van der Waals surface area contributed by atoms with Crippen LogP contribution in [-0.4, -0.2) is 35.6 Å². The molecule has 0 unspecified atom stereocenters. The molecule has 0 fully saturated rings. The standard InChI is InChI=1S/C8H14BrN5S/c1-14(3-4-15-2)8-6(9)7(13-10)11-5-12-8/h5H,3-4,10H2,1-2H3,(H,11,12,13). The molecule has 0 bridgehead atoms. The molecule has 0 aliphatic rings. The van der Waals surface area contributed by atoms with Crippen LogP contribution < -0.4 is 16.2 Å². The van der Waals surface area contributed by atoms with Crippen LogP contribution in [0.2, 0.25) is 0 Å². The number of hydrazine groups is 1. The van der Waals surface area contributed by atoms with Gasteiger partial charge in [-0.25, -0.2) is 15.8 Å². The Kier molecular flexibility index (Phi) is 5.13. The van der Waals surface area contributed by atoms with Crippen molar-refractivity contribution in [2.24, 2.45) is 5.84 Å². The second kappa shape index (κ2) is 6.14. The first kappa shape index (κ1) is 12.5. The Labute approximate surface area is 102 Å². The normalized spacial score (nSPS) is 10.1. The largest absolute Gasteiger partial charge is 0.358 e. The highest BCUT2D eigenvalue weighted by Crippen LogP contribution is 2.27. The van der Waals surface area contributed by atoms with Gasteiger partial charge in [-0.2, -0.15) is 11.8 Å². The first-order valence-electron chi connectivity index (χ1n) is 4.38. The van der Waals surface area contributed by atoms with Gasteiger partial charge in [0.15, 0.2) is 5.82 Å². The van der Waals surface area contributed by atoms with Crippen molar-refractivity contribution in [1.82, 2.24) is 9.97 Å². The molecule has 0 aliphatic heterocycles. The molecule has 7 heteroatoms. The number of halogens is 1. The number of nitrogens with one attached hydrogen (secondary N) is 1. The smallest absolute Gasteiger partial charge is 0.159 e. The Morgan fingerprint density at radius 1 is 1.60 bits per heavy atom. The fraction of sp³-hybridized carbons (Fsp3) is 0.500. The summed E-state index contributed by atoms with van der Waals surface area (Å²) in [5.41, 5.74) is 2.52. The molecular formula is C8H14BrN5S. The lowest BCUT2D eigenvalue weighted by molar-refractivity contribution is 0.930. The maximum absolute atomic E-state index is 5.33. The third kappa shape index (κ3) is 3.22. The molecule has 1 heterocycles. The second-order valence-corrected chi connectivity index (χ2v) is 4.70. The zero-order chi connectivity index (χ0) is 11.3. The number of anilines is 2. The molecular weight excluding hydrogens is 278 g/mol. The SMILES string of the molecule is CSCCN(C)c1ncnc(NN)c1Br. The van der Waals surface area contributed by atoms with Crippen LogP contribution in [0.25, 0.3) is 0 Å². The summed E-state index contributed by atoms with van der Waals surface area (Å²) in [6.45, 7) is 0.931. The van der Waals surface area contributed by atoms with Crippen molar-refractivity contribution in [3.8, 4) is 0 Å². The van der Waals surface area contributed by atoms with E-state index in [-0.39, 0.29) is 0 Å². The van der Waals surface area contributed by atoms with E-state index in [1.165, 1.54) is 6.33 Å². The average molecular weight is 292 g/mol. The predicted molar refractivity (Wildman–Crippen MR) is 69.2 cm³/mol. The van der Waals surface area contributed by atoms with Crippen LogP contribution in [0.3, 0.4) is 0 Å². The Morgan fingerprint density at radius 3 is 2.93 bits per heavy atom. The molecule has 84 valence electrons. The van der Waals surface area contributed by atoms with E-state index >= 15 is 0 Å². The maximum Gasteiger partial charge on any atom is 0.159 e. The predicted octanol–water partition coefficient (Wildman–Crippen LogP) is 1.32. The fourth-order valence-corrected chi connectivity index (χ4v) is 2.14. The molecule has 0 atom stereocenters. The summed E-state index contributed by atoms with van der Waals surface area (Å²) < 4.78 is 0.788. The lowest BCUT2D eigenvalue weighted by atomic mass is 10.5. The van der Waals surface area contributed by atoms with E-state index in [0.29, 0.717) is 5.82 Å². The summed E-state index contributed by atoms with van der Waals surface area (Å²) in [5.74, 6) is 7.81. The highest BCUT2D eigenvalue weighted by molar-refractivity contribution is 9.10. The summed E-state index contributed by atoms with van der Waals surface area (Å²) in [7, 11) is 1.99. The molecule has 1 aromatic heterocycles. The average Bonchev–Trinajstić information content (AvgIpc) is 2.26. The van der Waals surface area contributed by atoms with Crippen LogP contribution in [0.1, 0.15) is 0 Å². The topological polar surface area (TPSA) is 67.1 Å². The molecule has 0 saturated carbocycles. The molecule has 0 aromatic carbocycles. The van der Waals surface area contributed by atoms with Crippen molar-refractivity contribution in [3.05, 3.63) is 10.8 Å². The van der Waals surface area contributed by atoms with Gasteiger partial charge in [0.2, 0.25) is 0 Å². The van der Waals surface area contributed by atoms with Crippen molar-refractivity contribution in [2.75, 3.05) is 35.9 Å². The number of hydrogen-bond acceptors (Lipinski definition) is 6. The van der Waals surface area contributed by atoms with Crippen molar-refractivity contribution in [2.45, 2.75) is 0 Å². The molecule has 1 rings (SSSR count). The molecule has 0 aliphatic carbocycles. The first-order chi connectivity index (χ1) is 7.20. The van der Waals surface area contributed by atoms with Gasteiger partial charge in [-0.05, 0) is 22.2 Å². The number of nitrogens with zero attached hydrogens (tertiary/aromatic N) is 3. The van der Waals surface area contributed by atoms with Crippen molar-refractivity contribution < 1.29 is 0 Å². The van der Waals surface area contributed by atoms with Crippen LogP contribution in [0, 0.1) is 0 Å². The van der Waals surface area contributed by atoms with Gasteiger partial charge in [-0.3, -0.25) is 0 Å². The van der Waals surface area contributed by atoms with Gasteiger partial charge in [0, 0.05) is 19.3 Å². The van der Waals surface area contributed by atoms with E-state index in [9.17, 15) is 0 Å². The number of rotatable bonds is 5. The van der Waals surface area contributed by atoms with Gasteiger partial charge in [-0.1, -0.05) is 0 Å². The van der Waals surface area contributed by atoms with Gasteiger partial charge in [0.05, 0.1) is 0 Å². The van der Waals surface area contributed by atoms with Crippen LogP contribution >= 0.6 is 27.7 Å². The Hall–Kier alpha value is -0.530. The van der Waals surface area contributed by atoms with Crippen molar-refractivity contribution in [1.29, 1.82) is 0 Å². The zero-order valence-electron chi connectivity index (χ0n) is 8.70. The quantitative estimate of drug-likeness (QED) is 0.630. The molecule has 15 heavy (non-hydrogen) atoms. The van der Waals surface area contributed by atoms with E-state index in [4.69, 9.17) is 5.84 Å². The number of nitrogen functional groups attached to an aromatic ring is 1. The van der Waals surface area contributed by atoms with E-state index in [1.54, 1.807) is 11.8 Å². The highest BCUT2D eigenvalue weighted by atomic mass is 79.9. The summed E-state index contributed by atoms with van der Waals surface area (Å²) in [6, 6.07) is 0. The van der Waals surface area contributed by atoms with Crippen LogP contribution in [0.4, 0.5) is 11.6 Å². The van der Waals surface area contributed by atoms with Gasteiger partial charge in [-0.15, -0.1) is 0 Å². The van der Waals surface area contributed by atoms with Crippen LogP contribution in [0.15, 0.2) is 10.8 Å². The minimum atomic E-state index is 0.594. The van der Waals surface area contributed by atoms with Gasteiger partial charge >= 0.3 is 0 Å². The summed E-state index contributed by atoms with van der Waals surface area (Å²) in [6.07, 6.45) is 3.57. The van der Waals surface area contributed by atoms with Crippen LogP contribution in [0.5, 0.6) is 0 Å². The van der Waals surface area contributed by atoms with Gasteiger partial charge in [0.25, 0.3) is 0 Å². The monoisotopic (exact) mass is 291 g/mol. The number of hydrogen-bond donors (Lipinski definition) is 2. The van der Waals surface area contributed by atoms with E-state index in [1.807, 2.05) is 7.05 Å². The summed E-state index contributed by atoms with van der Waals surface area (Å²) in [4.78, 5) is 10.3. The van der Waals surface area contributed by atoms with Crippen LogP contribution in [-0.2, 0) is 0 Å². The molecule has 5 nitrogen and oxygen atoms in total. The molecule has 0 amide bonds. The number of nitrogens with two attached hydrogens (primary N) is 1. The van der Waals surface area contributed by atoms with Gasteiger partial charge < -0.3 is 10.3 Å². The summed E-state index contributed by atoms with van der Waals surface area (Å²) in [5, 5.41) is 0. The molecule has 0 radical (unpaired) electrons. The lowest BCUT2D eigenvalue weighted by Crippen LogP contribution is -2.22. The van der Waals surface area contributed by atoms with Crippen molar-refractivity contribution >= 4 is 39.3 Å². The van der Waals surface area contributed by atoms with E-state index < -0.39 is 0 Å². The fourth-order valence-electron chi connectivity index (χ4n) is 1.06. The number of aromatic nitrogens is 2. The second-order valence-electron chi connectivity index (χ2n) is 2.92. The Bertz CT molecular complexity index is 322. The Balaban J connectivity index is 2.83. The minimum Gasteiger partial charge on any atom is -0.358 e. The Morgan fingerprint density at radius 2 is 2.33 bits per heavy atom. The maximum atomic E-state index is 5.33. The number of thioether (sulfide) groups is 1. The molecule has 0 spiro atoms. The third-order valence-corrected chi connectivity index (χ3v) is 3.22. The first-order valence-corrected chi connectivity index (χ1v) is 6.56. The molecule has 0 saturated heterocycles. The van der Waals surface area contributed by atoms with E-state index in [2.05, 4.69) is 42.5 Å². The lowest BCUT2D eigenvalue weighted by Gasteiger charge is -2.19. The molecule has 1 aromatic rings. The van der Waals surface area contributed by atoms with E-state index in [0.717, 1.165) is 22.6 Å². The van der Waals surface area contributed by atoms with Crippen molar-refractivity contribution in [3.63, 3.8) is 0 Å². The minimum absolute atomic E-state index is 0.594. The summed E-state index contributed by atoms with van der Waals surface area (Å²) >= 11 is 5.22. The highest BCUT2D eigenvalue weighted by Gasteiger charge is 2.11. The van der Waals surface area contributed by atoms with Gasteiger partial charge in [0.1, 0.15) is 16.6 Å². The molecule has 3 N–H and O–H groups in total. The third-order valence-electron chi connectivity index (χ3n) is 1.90.